The van der Waals surface area contributed by atoms with Gasteiger partial charge in [-0.25, -0.2) is 14.1 Å². The summed E-state index contributed by atoms with van der Waals surface area (Å²) in [5.74, 6) is -0.245. The van der Waals surface area contributed by atoms with E-state index in [1.165, 1.54) is 23.1 Å². The summed E-state index contributed by atoms with van der Waals surface area (Å²) in [5, 5.41) is 15.9. The highest BCUT2D eigenvalue weighted by atomic mass is 19.1. The minimum atomic E-state index is -0.321. The van der Waals surface area contributed by atoms with Crippen molar-refractivity contribution in [2.24, 2.45) is 0 Å². The summed E-state index contributed by atoms with van der Waals surface area (Å²) >= 11 is 0. The van der Waals surface area contributed by atoms with Crippen LogP contribution in [0.1, 0.15) is 11.4 Å². The van der Waals surface area contributed by atoms with E-state index in [4.69, 9.17) is 10.00 Å². The van der Waals surface area contributed by atoms with Gasteiger partial charge in [-0.05, 0) is 23.8 Å². The molecule has 0 aliphatic carbocycles. The quantitative estimate of drug-likeness (QED) is 0.796. The molecular formula is C13H14FN5O. The highest BCUT2D eigenvalue weighted by Gasteiger charge is 2.08. The Morgan fingerprint density at radius 3 is 3.05 bits per heavy atom. The summed E-state index contributed by atoms with van der Waals surface area (Å²) in [7, 11) is 1.62. The van der Waals surface area contributed by atoms with Crippen LogP contribution in [-0.2, 0) is 11.3 Å². The average molecular weight is 275 g/mol. The van der Waals surface area contributed by atoms with Gasteiger partial charge in [-0.1, -0.05) is 0 Å². The Morgan fingerprint density at radius 2 is 2.35 bits per heavy atom. The van der Waals surface area contributed by atoms with E-state index in [0.717, 1.165) is 5.56 Å². The lowest BCUT2D eigenvalue weighted by Crippen LogP contribution is -2.19. The Hall–Kier alpha value is -2.30. The zero-order chi connectivity index (χ0) is 14.4. The van der Waals surface area contributed by atoms with E-state index in [1.807, 2.05) is 6.07 Å². The van der Waals surface area contributed by atoms with Crippen molar-refractivity contribution in [2.75, 3.05) is 20.3 Å². The highest BCUT2D eigenvalue weighted by molar-refractivity contribution is 5.40. The highest BCUT2D eigenvalue weighted by Crippen LogP contribution is 2.15. The molecule has 0 saturated heterocycles. The van der Waals surface area contributed by atoms with Gasteiger partial charge >= 0.3 is 0 Å². The molecule has 0 bridgehead atoms. The SMILES string of the molecule is COCCNCc1cc(F)ccc1-n1cnc(C#N)n1. The molecule has 0 saturated carbocycles. The number of hydrogen-bond acceptors (Lipinski definition) is 5. The molecule has 0 unspecified atom stereocenters. The third kappa shape index (κ3) is 3.38. The molecule has 2 rings (SSSR count). The third-order valence-electron chi connectivity index (χ3n) is 2.68. The molecule has 0 atom stereocenters. The number of methoxy groups -OCH3 is 1. The lowest BCUT2D eigenvalue weighted by atomic mass is 10.1. The first-order valence-electron chi connectivity index (χ1n) is 6.05. The molecule has 0 amide bonds. The van der Waals surface area contributed by atoms with Crippen LogP contribution in [0.25, 0.3) is 5.69 Å². The van der Waals surface area contributed by atoms with Crippen LogP contribution >= 0.6 is 0 Å². The second-order valence-corrected chi connectivity index (χ2v) is 4.07. The van der Waals surface area contributed by atoms with Crippen molar-refractivity contribution in [3.8, 4) is 11.8 Å². The number of nitrogens with one attached hydrogen (secondary N) is 1. The first-order chi connectivity index (χ1) is 9.74. The maximum absolute atomic E-state index is 13.4. The van der Waals surface area contributed by atoms with Gasteiger partial charge in [-0.2, -0.15) is 5.26 Å². The molecule has 1 aromatic carbocycles. The zero-order valence-corrected chi connectivity index (χ0v) is 11.0. The Labute approximate surface area is 115 Å². The topological polar surface area (TPSA) is 75.8 Å². The number of nitriles is 1. The van der Waals surface area contributed by atoms with Crippen molar-refractivity contribution in [1.82, 2.24) is 20.1 Å². The molecular weight excluding hydrogens is 261 g/mol. The number of ether oxygens (including phenoxy) is 1. The van der Waals surface area contributed by atoms with Gasteiger partial charge in [0, 0.05) is 20.2 Å². The lowest BCUT2D eigenvalue weighted by Gasteiger charge is -2.10. The van der Waals surface area contributed by atoms with E-state index >= 15 is 0 Å². The van der Waals surface area contributed by atoms with Crippen LogP contribution in [0.4, 0.5) is 4.39 Å². The molecule has 1 heterocycles. The molecule has 0 aliphatic rings. The summed E-state index contributed by atoms with van der Waals surface area (Å²) in [5.41, 5.74) is 1.42. The Morgan fingerprint density at radius 1 is 1.50 bits per heavy atom. The van der Waals surface area contributed by atoms with Crippen molar-refractivity contribution >= 4 is 0 Å². The van der Waals surface area contributed by atoms with Gasteiger partial charge in [-0.15, -0.1) is 5.10 Å². The second-order valence-electron chi connectivity index (χ2n) is 4.07. The number of rotatable bonds is 6. The van der Waals surface area contributed by atoms with Gasteiger partial charge in [-0.3, -0.25) is 0 Å². The van der Waals surface area contributed by atoms with E-state index in [2.05, 4.69) is 15.4 Å². The van der Waals surface area contributed by atoms with Gasteiger partial charge in [0.05, 0.1) is 12.3 Å². The predicted molar refractivity (Wildman–Crippen MR) is 69.6 cm³/mol. The molecule has 104 valence electrons. The lowest BCUT2D eigenvalue weighted by molar-refractivity contribution is 0.199. The van der Waals surface area contributed by atoms with Gasteiger partial charge in [0.25, 0.3) is 5.82 Å². The number of nitrogens with zero attached hydrogens (tertiary/aromatic N) is 4. The van der Waals surface area contributed by atoms with Crippen molar-refractivity contribution in [2.45, 2.75) is 6.54 Å². The van der Waals surface area contributed by atoms with Crippen LogP contribution in [0.15, 0.2) is 24.5 Å². The van der Waals surface area contributed by atoms with Crippen molar-refractivity contribution in [3.63, 3.8) is 0 Å². The van der Waals surface area contributed by atoms with Crippen LogP contribution in [-0.4, -0.2) is 35.0 Å². The fraction of sp³-hybridized carbons (Fsp3) is 0.308. The molecule has 6 nitrogen and oxygen atoms in total. The molecule has 0 spiro atoms. The Bertz CT molecular complexity index is 619. The summed E-state index contributed by atoms with van der Waals surface area (Å²) < 4.78 is 19.8. The van der Waals surface area contributed by atoms with Crippen molar-refractivity contribution in [3.05, 3.63) is 41.7 Å². The standard InChI is InChI=1S/C13H14FN5O/c1-20-5-4-16-8-10-6-11(14)2-3-12(10)19-9-17-13(7-15)18-19/h2-3,6,9,16H,4-5,8H2,1H3. The van der Waals surface area contributed by atoms with E-state index in [1.54, 1.807) is 13.2 Å². The van der Waals surface area contributed by atoms with Gasteiger partial charge in [0.2, 0.25) is 0 Å². The molecule has 0 aliphatic heterocycles. The summed E-state index contributed by atoms with van der Waals surface area (Å²) in [6, 6.07) is 6.25. The van der Waals surface area contributed by atoms with Crippen LogP contribution in [0.3, 0.4) is 0 Å². The number of hydrogen-bond donors (Lipinski definition) is 1. The monoisotopic (exact) mass is 275 g/mol. The fourth-order valence-corrected chi connectivity index (χ4v) is 1.75. The molecule has 1 N–H and O–H groups in total. The van der Waals surface area contributed by atoms with E-state index < -0.39 is 0 Å². The first kappa shape index (κ1) is 14.1. The van der Waals surface area contributed by atoms with E-state index in [9.17, 15) is 4.39 Å². The second kappa shape index (κ2) is 6.75. The maximum Gasteiger partial charge on any atom is 0.252 e. The minimum Gasteiger partial charge on any atom is -0.383 e. The molecule has 2 aromatic rings. The molecule has 1 aromatic heterocycles. The largest absolute Gasteiger partial charge is 0.383 e. The number of aromatic nitrogens is 3. The molecule has 20 heavy (non-hydrogen) atoms. The molecule has 0 fully saturated rings. The van der Waals surface area contributed by atoms with E-state index in [0.29, 0.717) is 25.4 Å². The summed E-state index contributed by atoms with van der Waals surface area (Å²) in [6.45, 7) is 1.71. The number of halogens is 1. The Kier molecular flexibility index (Phi) is 4.76. The first-order valence-corrected chi connectivity index (χ1v) is 6.05. The third-order valence-corrected chi connectivity index (χ3v) is 2.68. The van der Waals surface area contributed by atoms with Gasteiger partial charge in [0.15, 0.2) is 0 Å². The smallest absolute Gasteiger partial charge is 0.252 e. The predicted octanol–water partition coefficient (Wildman–Crippen LogP) is 1.01. The normalized spacial score (nSPS) is 10.4. The van der Waals surface area contributed by atoms with E-state index in [-0.39, 0.29) is 11.6 Å². The molecule has 7 heteroatoms. The fourth-order valence-electron chi connectivity index (χ4n) is 1.75. The summed E-state index contributed by atoms with van der Waals surface area (Å²) in [6.07, 6.45) is 1.43. The Balaban J connectivity index is 2.21. The minimum absolute atomic E-state index is 0.0765. The average Bonchev–Trinajstić information content (AvgIpc) is 2.92. The van der Waals surface area contributed by atoms with Crippen LogP contribution in [0.5, 0.6) is 0 Å². The zero-order valence-electron chi connectivity index (χ0n) is 11.0. The van der Waals surface area contributed by atoms with Crippen LogP contribution in [0.2, 0.25) is 0 Å². The van der Waals surface area contributed by atoms with Crippen LogP contribution in [0, 0.1) is 17.1 Å². The van der Waals surface area contributed by atoms with Gasteiger partial charge in [0.1, 0.15) is 18.2 Å². The summed E-state index contributed by atoms with van der Waals surface area (Å²) in [4.78, 5) is 3.84. The molecule has 0 radical (unpaired) electrons. The van der Waals surface area contributed by atoms with Crippen molar-refractivity contribution < 1.29 is 9.13 Å². The van der Waals surface area contributed by atoms with Crippen molar-refractivity contribution in [1.29, 1.82) is 5.26 Å². The van der Waals surface area contributed by atoms with Crippen LogP contribution < -0.4 is 5.32 Å². The number of benzene rings is 1. The van der Waals surface area contributed by atoms with Gasteiger partial charge < -0.3 is 10.1 Å². The maximum atomic E-state index is 13.4.